The van der Waals surface area contributed by atoms with Crippen LogP contribution in [0, 0.1) is 5.82 Å². The first-order valence-electron chi connectivity index (χ1n) is 6.98. The van der Waals surface area contributed by atoms with Crippen LogP contribution in [-0.4, -0.2) is 40.9 Å². The molecule has 2 rings (SSSR count). The first kappa shape index (κ1) is 17.8. The zero-order valence-corrected chi connectivity index (χ0v) is 13.0. The van der Waals surface area contributed by atoms with Gasteiger partial charge in [0.15, 0.2) is 0 Å². The second kappa shape index (κ2) is 7.85. The van der Waals surface area contributed by atoms with Crippen molar-refractivity contribution in [2.45, 2.75) is 19.1 Å². The van der Waals surface area contributed by atoms with Crippen molar-refractivity contribution in [1.82, 2.24) is 9.88 Å². The number of nitrogens with zero attached hydrogens (tertiary/aromatic N) is 2. The molecule has 0 amide bonds. The van der Waals surface area contributed by atoms with Gasteiger partial charge in [-0.1, -0.05) is 12.1 Å². The van der Waals surface area contributed by atoms with Crippen molar-refractivity contribution in [3.63, 3.8) is 0 Å². The minimum atomic E-state index is -4.32. The molecule has 0 bridgehead atoms. The standard InChI is InChI=1S/C15H16F4N2OS/c16-13-5-2-1-4-12(13)14-20-11(9-23-14)8-21(6-3-7-22)10-15(17,18)19/h1-2,4-5,9,22H,3,6-8,10H2. The fourth-order valence-electron chi connectivity index (χ4n) is 2.13. The Hall–Kier alpha value is -1.51. The number of halogens is 4. The van der Waals surface area contributed by atoms with Gasteiger partial charge in [-0.25, -0.2) is 9.37 Å². The van der Waals surface area contributed by atoms with Crippen LogP contribution in [0.3, 0.4) is 0 Å². The zero-order chi connectivity index (χ0) is 16.9. The molecule has 0 aliphatic rings. The highest BCUT2D eigenvalue weighted by molar-refractivity contribution is 7.13. The Morgan fingerprint density at radius 3 is 2.61 bits per heavy atom. The van der Waals surface area contributed by atoms with Gasteiger partial charge in [-0.15, -0.1) is 11.3 Å². The van der Waals surface area contributed by atoms with E-state index < -0.39 is 18.5 Å². The maximum atomic E-state index is 13.7. The third-order valence-corrected chi connectivity index (χ3v) is 4.00. The van der Waals surface area contributed by atoms with E-state index in [1.807, 2.05) is 0 Å². The maximum Gasteiger partial charge on any atom is 0.401 e. The first-order chi connectivity index (χ1) is 10.9. The SMILES string of the molecule is OCCCN(Cc1csc(-c2ccccc2F)n1)CC(F)(F)F. The van der Waals surface area contributed by atoms with Gasteiger partial charge < -0.3 is 5.11 Å². The highest BCUT2D eigenvalue weighted by Gasteiger charge is 2.30. The molecule has 0 aliphatic carbocycles. The molecule has 0 aliphatic heterocycles. The van der Waals surface area contributed by atoms with Crippen LogP contribution < -0.4 is 0 Å². The van der Waals surface area contributed by atoms with Crippen molar-refractivity contribution in [2.24, 2.45) is 0 Å². The maximum absolute atomic E-state index is 13.7. The van der Waals surface area contributed by atoms with Gasteiger partial charge in [-0.05, 0) is 18.6 Å². The van der Waals surface area contributed by atoms with E-state index >= 15 is 0 Å². The van der Waals surface area contributed by atoms with Gasteiger partial charge >= 0.3 is 6.18 Å². The number of hydrogen-bond donors (Lipinski definition) is 1. The number of aliphatic hydroxyl groups is 1. The fourth-order valence-corrected chi connectivity index (χ4v) is 2.97. The lowest BCUT2D eigenvalue weighted by atomic mass is 10.2. The van der Waals surface area contributed by atoms with Gasteiger partial charge in [0.05, 0.1) is 12.2 Å². The molecule has 0 atom stereocenters. The molecule has 0 saturated carbocycles. The molecule has 1 aromatic carbocycles. The lowest BCUT2D eigenvalue weighted by Gasteiger charge is -2.22. The molecule has 23 heavy (non-hydrogen) atoms. The summed E-state index contributed by atoms with van der Waals surface area (Å²) in [6.07, 6.45) is -4.07. The number of aliphatic hydroxyl groups excluding tert-OH is 1. The largest absolute Gasteiger partial charge is 0.401 e. The zero-order valence-electron chi connectivity index (χ0n) is 12.2. The number of alkyl halides is 3. The van der Waals surface area contributed by atoms with Crippen molar-refractivity contribution in [2.75, 3.05) is 19.7 Å². The van der Waals surface area contributed by atoms with Crippen LogP contribution in [0.2, 0.25) is 0 Å². The lowest BCUT2D eigenvalue weighted by Crippen LogP contribution is -2.35. The second-order valence-corrected chi connectivity index (χ2v) is 5.88. The third kappa shape index (κ3) is 5.56. The molecule has 0 fully saturated rings. The van der Waals surface area contributed by atoms with Crippen LogP contribution in [-0.2, 0) is 6.54 Å². The summed E-state index contributed by atoms with van der Waals surface area (Å²) in [6, 6.07) is 6.13. The first-order valence-corrected chi connectivity index (χ1v) is 7.86. The summed E-state index contributed by atoms with van der Waals surface area (Å²) in [5.74, 6) is -0.416. The Morgan fingerprint density at radius 1 is 1.22 bits per heavy atom. The lowest BCUT2D eigenvalue weighted by molar-refractivity contribution is -0.147. The molecule has 1 N–H and O–H groups in total. The quantitative estimate of drug-likeness (QED) is 0.775. The van der Waals surface area contributed by atoms with Crippen LogP contribution in [0.25, 0.3) is 10.6 Å². The number of benzene rings is 1. The summed E-state index contributed by atoms with van der Waals surface area (Å²) in [5.41, 5.74) is 0.789. The molecule has 2 aromatic rings. The average Bonchev–Trinajstić information content (AvgIpc) is 2.92. The summed E-state index contributed by atoms with van der Waals surface area (Å²) in [4.78, 5) is 5.40. The Balaban J connectivity index is 2.10. The van der Waals surface area contributed by atoms with Gasteiger partial charge in [0.25, 0.3) is 0 Å². The van der Waals surface area contributed by atoms with Gasteiger partial charge in [-0.3, -0.25) is 4.90 Å². The van der Waals surface area contributed by atoms with E-state index in [4.69, 9.17) is 5.11 Å². The van der Waals surface area contributed by atoms with E-state index in [2.05, 4.69) is 4.98 Å². The van der Waals surface area contributed by atoms with Crippen LogP contribution >= 0.6 is 11.3 Å². The minimum Gasteiger partial charge on any atom is -0.396 e. The molecule has 0 unspecified atom stereocenters. The number of rotatable bonds is 7. The number of thiazole rings is 1. The number of aromatic nitrogens is 1. The number of hydrogen-bond acceptors (Lipinski definition) is 4. The molecule has 1 heterocycles. The molecule has 126 valence electrons. The van der Waals surface area contributed by atoms with Gasteiger partial charge in [0.2, 0.25) is 0 Å². The predicted octanol–water partition coefficient (Wildman–Crippen LogP) is 3.70. The molecule has 0 radical (unpaired) electrons. The van der Waals surface area contributed by atoms with Crippen LogP contribution in [0.1, 0.15) is 12.1 Å². The minimum absolute atomic E-state index is 0.00443. The molecule has 1 aromatic heterocycles. The fraction of sp³-hybridized carbons (Fsp3) is 0.400. The van der Waals surface area contributed by atoms with Crippen molar-refractivity contribution >= 4 is 11.3 Å². The summed E-state index contributed by atoms with van der Waals surface area (Å²) < 4.78 is 51.5. The van der Waals surface area contributed by atoms with Crippen molar-refractivity contribution in [3.05, 3.63) is 41.2 Å². The molecule has 8 heteroatoms. The summed E-state index contributed by atoms with van der Waals surface area (Å²) >= 11 is 1.19. The van der Waals surface area contributed by atoms with Crippen LogP contribution in [0.5, 0.6) is 0 Å². The molecular weight excluding hydrogens is 332 g/mol. The van der Waals surface area contributed by atoms with Crippen molar-refractivity contribution < 1.29 is 22.7 Å². The summed E-state index contributed by atoms with van der Waals surface area (Å²) in [5, 5.41) is 10.9. The average molecular weight is 348 g/mol. The van der Waals surface area contributed by atoms with Crippen molar-refractivity contribution in [3.8, 4) is 10.6 Å². The van der Waals surface area contributed by atoms with Crippen LogP contribution in [0.15, 0.2) is 29.6 Å². The Labute approximate surface area is 135 Å². The molecule has 0 spiro atoms. The van der Waals surface area contributed by atoms with E-state index in [0.717, 1.165) is 0 Å². The molecular formula is C15H16F4N2OS. The smallest absolute Gasteiger partial charge is 0.396 e. The predicted molar refractivity (Wildman–Crippen MR) is 80.5 cm³/mol. The molecule has 0 saturated heterocycles. The molecule has 3 nitrogen and oxygen atoms in total. The van der Waals surface area contributed by atoms with Crippen molar-refractivity contribution in [1.29, 1.82) is 0 Å². The monoisotopic (exact) mass is 348 g/mol. The highest BCUT2D eigenvalue weighted by Crippen LogP contribution is 2.27. The Bertz CT molecular complexity index is 630. The summed E-state index contributed by atoms with van der Waals surface area (Å²) in [7, 11) is 0. The Morgan fingerprint density at radius 2 is 1.96 bits per heavy atom. The van der Waals surface area contributed by atoms with Gasteiger partial charge in [0.1, 0.15) is 10.8 Å². The van der Waals surface area contributed by atoms with E-state index in [-0.39, 0.29) is 26.1 Å². The normalized spacial score (nSPS) is 12.1. The van der Waals surface area contributed by atoms with E-state index in [1.165, 1.54) is 22.3 Å². The topological polar surface area (TPSA) is 36.4 Å². The highest BCUT2D eigenvalue weighted by atomic mass is 32.1. The third-order valence-electron chi connectivity index (χ3n) is 3.08. The van der Waals surface area contributed by atoms with Gasteiger partial charge in [-0.2, -0.15) is 13.2 Å². The Kier molecular flexibility index (Phi) is 6.09. The van der Waals surface area contributed by atoms with E-state index in [9.17, 15) is 17.6 Å². The van der Waals surface area contributed by atoms with Gasteiger partial charge in [0, 0.05) is 30.6 Å². The van der Waals surface area contributed by atoms with E-state index in [0.29, 0.717) is 16.3 Å². The van der Waals surface area contributed by atoms with Crippen LogP contribution in [0.4, 0.5) is 17.6 Å². The van der Waals surface area contributed by atoms with E-state index in [1.54, 1.807) is 23.6 Å². The summed E-state index contributed by atoms with van der Waals surface area (Å²) in [6.45, 7) is -1.13. The second-order valence-electron chi connectivity index (χ2n) is 5.03.